The van der Waals surface area contributed by atoms with E-state index in [2.05, 4.69) is 19.2 Å². The minimum atomic E-state index is -0.678. The molecule has 6 heteroatoms. The molecule has 1 aromatic carbocycles. The van der Waals surface area contributed by atoms with Crippen molar-refractivity contribution in [2.75, 3.05) is 12.3 Å². The Balaban J connectivity index is 2.61. The molecule has 0 aliphatic heterocycles. The molecular formula is C17H23N3O3. The van der Waals surface area contributed by atoms with Crippen molar-refractivity contribution < 1.29 is 9.90 Å². The highest BCUT2D eigenvalue weighted by molar-refractivity contribution is 6.00. The minimum Gasteiger partial charge on any atom is -0.398 e. The number of aliphatic hydroxyl groups excluding tert-OH is 1. The van der Waals surface area contributed by atoms with Crippen LogP contribution in [-0.2, 0) is 6.54 Å². The highest BCUT2D eigenvalue weighted by atomic mass is 16.3. The van der Waals surface area contributed by atoms with Crippen molar-refractivity contribution in [3.8, 4) is 0 Å². The molecule has 2 rings (SSSR count). The molecule has 1 atom stereocenters. The van der Waals surface area contributed by atoms with Crippen molar-refractivity contribution in [1.29, 1.82) is 0 Å². The van der Waals surface area contributed by atoms with Gasteiger partial charge < -0.3 is 20.7 Å². The van der Waals surface area contributed by atoms with Crippen LogP contribution in [0.1, 0.15) is 31.1 Å². The van der Waals surface area contributed by atoms with Gasteiger partial charge in [-0.25, -0.2) is 0 Å². The first-order chi connectivity index (χ1) is 10.8. The number of benzene rings is 1. The number of nitrogens with zero attached hydrogens (tertiary/aromatic N) is 1. The van der Waals surface area contributed by atoms with Crippen molar-refractivity contribution in [3.05, 3.63) is 40.2 Å². The summed E-state index contributed by atoms with van der Waals surface area (Å²) in [7, 11) is 0. The zero-order valence-electron chi connectivity index (χ0n) is 13.7. The van der Waals surface area contributed by atoms with Crippen LogP contribution in [0.5, 0.6) is 0 Å². The van der Waals surface area contributed by atoms with E-state index >= 15 is 0 Å². The molecule has 1 aromatic heterocycles. The fourth-order valence-corrected chi connectivity index (χ4v) is 2.50. The van der Waals surface area contributed by atoms with Gasteiger partial charge in [0, 0.05) is 25.0 Å². The number of aromatic nitrogens is 1. The number of carbonyl (C=O) groups is 1. The summed E-state index contributed by atoms with van der Waals surface area (Å²) in [6.45, 7) is 6.43. The van der Waals surface area contributed by atoms with Crippen LogP contribution in [0.3, 0.4) is 0 Å². The Bertz CT molecular complexity index is 778. The van der Waals surface area contributed by atoms with Gasteiger partial charge in [0.1, 0.15) is 5.56 Å². The van der Waals surface area contributed by atoms with Gasteiger partial charge >= 0.3 is 0 Å². The Morgan fingerprint density at radius 2 is 2.04 bits per heavy atom. The number of amides is 1. The molecule has 4 N–H and O–H groups in total. The second-order valence-electron chi connectivity index (χ2n) is 6.22. The number of hydrogen-bond donors (Lipinski definition) is 3. The van der Waals surface area contributed by atoms with Gasteiger partial charge in [-0.05, 0) is 25.0 Å². The molecule has 0 bridgehead atoms. The Hall–Kier alpha value is -2.34. The Morgan fingerprint density at radius 1 is 1.35 bits per heavy atom. The number of rotatable bonds is 5. The van der Waals surface area contributed by atoms with Crippen molar-refractivity contribution >= 4 is 22.5 Å². The topological polar surface area (TPSA) is 97.4 Å². The summed E-state index contributed by atoms with van der Waals surface area (Å²) in [6.07, 6.45) is 0.893. The number of anilines is 1. The Kier molecular flexibility index (Phi) is 5.05. The molecule has 2 aromatic rings. The predicted octanol–water partition coefficient (Wildman–Crippen LogP) is 1.35. The number of nitrogens with two attached hydrogens (primary N) is 1. The lowest BCUT2D eigenvalue weighted by atomic mass is 10.1. The van der Waals surface area contributed by atoms with E-state index in [4.69, 9.17) is 5.73 Å². The van der Waals surface area contributed by atoms with E-state index in [0.717, 1.165) is 5.52 Å². The number of fused-ring (bicyclic) bond motifs is 1. The molecule has 0 fully saturated rings. The first-order valence-corrected chi connectivity index (χ1v) is 7.69. The van der Waals surface area contributed by atoms with Crippen molar-refractivity contribution in [2.45, 2.75) is 33.4 Å². The van der Waals surface area contributed by atoms with Crippen LogP contribution in [0.2, 0.25) is 0 Å². The van der Waals surface area contributed by atoms with Crippen LogP contribution >= 0.6 is 0 Å². The van der Waals surface area contributed by atoms with E-state index in [0.29, 0.717) is 23.5 Å². The smallest absolute Gasteiger partial charge is 0.256 e. The molecule has 0 aliphatic carbocycles. The van der Waals surface area contributed by atoms with E-state index < -0.39 is 12.0 Å². The molecule has 1 amide bonds. The normalized spacial score (nSPS) is 12.6. The molecule has 0 spiro atoms. The zero-order valence-corrected chi connectivity index (χ0v) is 13.7. The fourth-order valence-electron chi connectivity index (χ4n) is 2.50. The van der Waals surface area contributed by atoms with E-state index in [1.807, 2.05) is 10.6 Å². The third-order valence-electron chi connectivity index (χ3n) is 3.51. The second-order valence-corrected chi connectivity index (χ2v) is 6.22. The van der Waals surface area contributed by atoms with E-state index in [1.54, 1.807) is 25.3 Å². The van der Waals surface area contributed by atoms with E-state index in [1.165, 1.54) is 0 Å². The van der Waals surface area contributed by atoms with Gasteiger partial charge in [0.2, 0.25) is 5.43 Å². The summed E-state index contributed by atoms with van der Waals surface area (Å²) >= 11 is 0. The highest BCUT2D eigenvalue weighted by Gasteiger charge is 2.17. The number of aliphatic hydroxyl groups is 1. The lowest BCUT2D eigenvalue weighted by Crippen LogP contribution is -2.34. The van der Waals surface area contributed by atoms with Crippen molar-refractivity contribution in [1.82, 2.24) is 9.88 Å². The zero-order chi connectivity index (χ0) is 17.1. The van der Waals surface area contributed by atoms with Gasteiger partial charge in [-0.3, -0.25) is 9.59 Å². The maximum absolute atomic E-state index is 12.7. The average Bonchev–Trinajstić information content (AvgIpc) is 2.47. The Morgan fingerprint density at radius 3 is 2.65 bits per heavy atom. The summed E-state index contributed by atoms with van der Waals surface area (Å²) in [4.78, 5) is 24.9. The summed E-state index contributed by atoms with van der Waals surface area (Å²) in [5.41, 5.74) is 6.69. The lowest BCUT2D eigenvalue weighted by Gasteiger charge is -2.16. The molecule has 6 nitrogen and oxygen atoms in total. The highest BCUT2D eigenvalue weighted by Crippen LogP contribution is 2.19. The summed E-state index contributed by atoms with van der Waals surface area (Å²) in [5, 5.41) is 12.2. The predicted molar refractivity (Wildman–Crippen MR) is 91.5 cm³/mol. The first-order valence-electron chi connectivity index (χ1n) is 7.69. The van der Waals surface area contributed by atoms with Crippen LogP contribution in [0, 0.1) is 5.92 Å². The quantitative estimate of drug-likeness (QED) is 0.725. The minimum absolute atomic E-state index is 0.0386. The van der Waals surface area contributed by atoms with Gasteiger partial charge in [0.25, 0.3) is 5.91 Å². The third-order valence-corrected chi connectivity index (χ3v) is 3.51. The van der Waals surface area contributed by atoms with Crippen LogP contribution in [0.25, 0.3) is 10.9 Å². The van der Waals surface area contributed by atoms with Crippen LogP contribution in [-0.4, -0.2) is 28.2 Å². The summed E-state index contributed by atoms with van der Waals surface area (Å²) < 4.78 is 1.88. The second kappa shape index (κ2) is 6.83. The monoisotopic (exact) mass is 317 g/mol. The molecule has 1 unspecified atom stereocenters. The molecule has 124 valence electrons. The molecular weight excluding hydrogens is 294 g/mol. The summed E-state index contributed by atoms with van der Waals surface area (Å²) in [5.74, 6) is -0.158. The van der Waals surface area contributed by atoms with Gasteiger partial charge in [-0.2, -0.15) is 0 Å². The largest absolute Gasteiger partial charge is 0.398 e. The number of hydrogen-bond acceptors (Lipinski definition) is 4. The molecule has 0 saturated heterocycles. The SMILES string of the molecule is CC(C)Cn1cc(C(=O)NCC(C)O)c(=O)c2c(N)cccc21. The van der Waals surface area contributed by atoms with Gasteiger partial charge in [0.05, 0.1) is 17.0 Å². The van der Waals surface area contributed by atoms with Gasteiger partial charge in [-0.1, -0.05) is 19.9 Å². The number of pyridine rings is 1. The maximum atomic E-state index is 12.7. The van der Waals surface area contributed by atoms with Crippen molar-refractivity contribution in [2.24, 2.45) is 5.92 Å². The standard InChI is InChI=1S/C17H23N3O3/c1-10(2)8-20-9-12(17(23)19-7-11(3)21)16(22)15-13(18)5-4-6-14(15)20/h4-6,9-11,21H,7-8,18H2,1-3H3,(H,19,23). The maximum Gasteiger partial charge on any atom is 0.256 e. The lowest BCUT2D eigenvalue weighted by molar-refractivity contribution is 0.0922. The van der Waals surface area contributed by atoms with Crippen LogP contribution in [0.4, 0.5) is 5.69 Å². The van der Waals surface area contributed by atoms with Crippen molar-refractivity contribution in [3.63, 3.8) is 0 Å². The molecule has 0 saturated carbocycles. The molecule has 0 radical (unpaired) electrons. The number of nitrogen functional groups attached to an aromatic ring is 1. The van der Waals surface area contributed by atoms with Gasteiger partial charge in [-0.15, -0.1) is 0 Å². The first kappa shape index (κ1) is 17.0. The third kappa shape index (κ3) is 3.71. The molecule has 1 heterocycles. The number of carbonyl (C=O) groups excluding carboxylic acids is 1. The average molecular weight is 317 g/mol. The molecule has 0 aliphatic rings. The van der Waals surface area contributed by atoms with Gasteiger partial charge in [0.15, 0.2) is 0 Å². The van der Waals surface area contributed by atoms with Crippen LogP contribution < -0.4 is 16.5 Å². The fraction of sp³-hybridized carbons (Fsp3) is 0.412. The van der Waals surface area contributed by atoms with E-state index in [9.17, 15) is 14.7 Å². The Labute approximate surface area is 134 Å². The molecule has 23 heavy (non-hydrogen) atoms. The number of nitrogens with one attached hydrogen (secondary N) is 1. The van der Waals surface area contributed by atoms with Crippen LogP contribution in [0.15, 0.2) is 29.2 Å². The summed E-state index contributed by atoms with van der Waals surface area (Å²) in [6, 6.07) is 5.27. The van der Waals surface area contributed by atoms with E-state index in [-0.39, 0.29) is 17.5 Å².